The minimum atomic E-state index is -0.194. The van der Waals surface area contributed by atoms with Crippen molar-refractivity contribution in [2.75, 3.05) is 11.9 Å². The van der Waals surface area contributed by atoms with Gasteiger partial charge >= 0.3 is 0 Å². The Kier molecular flexibility index (Phi) is 4.69. The number of anilines is 1. The van der Waals surface area contributed by atoms with Crippen LogP contribution in [0.3, 0.4) is 0 Å². The molecule has 0 atom stereocenters. The van der Waals surface area contributed by atoms with Gasteiger partial charge in [0.05, 0.1) is 22.4 Å². The first-order valence-electron chi connectivity index (χ1n) is 7.14. The molecule has 1 aromatic heterocycles. The number of nitrogens with zero attached hydrogens (tertiary/aromatic N) is 3. The lowest BCUT2D eigenvalue weighted by molar-refractivity contribution is -0.119. The molecule has 122 valence electrons. The van der Waals surface area contributed by atoms with E-state index in [9.17, 15) is 9.59 Å². The lowest BCUT2D eigenvalue weighted by Gasteiger charge is -2.19. The zero-order valence-electron chi connectivity index (χ0n) is 12.7. The van der Waals surface area contributed by atoms with Gasteiger partial charge in [0.1, 0.15) is 6.54 Å². The molecule has 0 fully saturated rings. The van der Waals surface area contributed by atoms with Crippen LogP contribution in [0.1, 0.15) is 0 Å². The second-order valence-electron chi connectivity index (χ2n) is 5.23. The molecule has 1 amide bonds. The highest BCUT2D eigenvalue weighted by Crippen LogP contribution is 2.28. The van der Waals surface area contributed by atoms with Crippen molar-refractivity contribution in [1.29, 1.82) is 0 Å². The Bertz CT molecular complexity index is 987. The average molecular weight is 407 g/mol. The molecule has 0 aliphatic rings. The van der Waals surface area contributed by atoms with Crippen molar-refractivity contribution >= 4 is 50.0 Å². The number of halogens is 2. The molecule has 0 unspecified atom stereocenters. The molecule has 0 aliphatic carbocycles. The fraction of sp³-hybridized carbons (Fsp3) is 0.118. The summed E-state index contributed by atoms with van der Waals surface area (Å²) < 4.78 is 2.35. The zero-order valence-corrected chi connectivity index (χ0v) is 15.1. The normalized spacial score (nSPS) is 10.8. The van der Waals surface area contributed by atoms with E-state index in [1.165, 1.54) is 15.8 Å². The van der Waals surface area contributed by atoms with E-state index in [0.717, 1.165) is 4.47 Å². The minimum Gasteiger partial charge on any atom is -0.312 e. The molecule has 0 N–H and O–H groups in total. The molecule has 3 aromatic rings. The summed E-state index contributed by atoms with van der Waals surface area (Å²) in [5.74, 6) is -0.194. The Hall–Kier alpha value is -2.18. The number of fused-ring (bicyclic) bond motifs is 1. The molecule has 5 nitrogen and oxygen atoms in total. The molecular formula is C17H13BrClN3O2. The van der Waals surface area contributed by atoms with Crippen molar-refractivity contribution in [2.45, 2.75) is 6.54 Å². The van der Waals surface area contributed by atoms with Gasteiger partial charge in [0.25, 0.3) is 0 Å². The predicted octanol–water partition coefficient (Wildman–Crippen LogP) is 3.48. The summed E-state index contributed by atoms with van der Waals surface area (Å²) >= 11 is 9.54. The van der Waals surface area contributed by atoms with E-state index in [1.807, 2.05) is 6.07 Å². The van der Waals surface area contributed by atoms with Crippen molar-refractivity contribution in [3.05, 3.63) is 68.4 Å². The van der Waals surface area contributed by atoms with Gasteiger partial charge in [0, 0.05) is 16.9 Å². The summed E-state index contributed by atoms with van der Waals surface area (Å²) in [6.07, 6.45) is 1.22. The van der Waals surface area contributed by atoms with Crippen molar-refractivity contribution in [2.24, 2.45) is 0 Å². The van der Waals surface area contributed by atoms with Gasteiger partial charge in [0.2, 0.25) is 11.3 Å². The molecule has 7 heteroatoms. The highest BCUT2D eigenvalue weighted by Gasteiger charge is 2.16. The Morgan fingerprint density at radius 3 is 2.79 bits per heavy atom. The zero-order chi connectivity index (χ0) is 17.3. The number of aromatic nitrogens is 2. The molecule has 0 spiro atoms. The maximum absolute atomic E-state index is 12.6. The molecular weight excluding hydrogens is 394 g/mol. The standard InChI is InChI=1S/C17H13BrClN3O2/c1-21(15-7-6-11(18)8-13(15)19)17(24)10-22-14-5-3-2-4-12(14)16(23)9-20-22/h2-9H,10H2,1H3. The summed E-state index contributed by atoms with van der Waals surface area (Å²) in [5.41, 5.74) is 1.06. The van der Waals surface area contributed by atoms with E-state index >= 15 is 0 Å². The summed E-state index contributed by atoms with van der Waals surface area (Å²) in [6.45, 7) is 0.00366. The van der Waals surface area contributed by atoms with Gasteiger partial charge in [-0.3, -0.25) is 14.3 Å². The first kappa shape index (κ1) is 16.7. The van der Waals surface area contributed by atoms with Crippen LogP contribution in [-0.2, 0) is 11.3 Å². The molecule has 0 bridgehead atoms. The van der Waals surface area contributed by atoms with Gasteiger partial charge in [0.15, 0.2) is 0 Å². The fourth-order valence-corrected chi connectivity index (χ4v) is 3.21. The van der Waals surface area contributed by atoms with Gasteiger partial charge in [-0.2, -0.15) is 5.10 Å². The number of benzene rings is 2. The summed E-state index contributed by atoms with van der Waals surface area (Å²) in [6, 6.07) is 12.4. The van der Waals surface area contributed by atoms with Gasteiger partial charge in [-0.25, -0.2) is 0 Å². The Balaban J connectivity index is 1.92. The van der Waals surface area contributed by atoms with Gasteiger partial charge in [-0.1, -0.05) is 39.7 Å². The van der Waals surface area contributed by atoms with Crippen molar-refractivity contribution in [3.8, 4) is 0 Å². The third kappa shape index (κ3) is 3.20. The highest BCUT2D eigenvalue weighted by molar-refractivity contribution is 9.10. The number of rotatable bonds is 3. The molecule has 3 rings (SSSR count). The van der Waals surface area contributed by atoms with Crippen LogP contribution in [-0.4, -0.2) is 22.7 Å². The molecule has 24 heavy (non-hydrogen) atoms. The third-order valence-corrected chi connectivity index (χ3v) is 4.49. The summed E-state index contributed by atoms with van der Waals surface area (Å²) in [7, 11) is 1.65. The Morgan fingerprint density at radius 2 is 2.04 bits per heavy atom. The fourth-order valence-electron chi connectivity index (χ4n) is 2.41. The van der Waals surface area contributed by atoms with Gasteiger partial charge in [-0.05, 0) is 30.3 Å². The highest BCUT2D eigenvalue weighted by atomic mass is 79.9. The number of para-hydroxylation sites is 1. The number of likely N-dealkylation sites (N-methyl/N-ethyl adjacent to an activating group) is 1. The Labute approximate surface area is 151 Å². The van der Waals surface area contributed by atoms with Crippen molar-refractivity contribution < 1.29 is 4.79 Å². The quantitative estimate of drug-likeness (QED) is 0.669. The van der Waals surface area contributed by atoms with E-state index in [0.29, 0.717) is 21.6 Å². The van der Waals surface area contributed by atoms with Crippen LogP contribution in [0.15, 0.2) is 57.9 Å². The third-order valence-electron chi connectivity index (χ3n) is 3.69. The van der Waals surface area contributed by atoms with E-state index in [-0.39, 0.29) is 17.9 Å². The predicted molar refractivity (Wildman–Crippen MR) is 98.6 cm³/mol. The maximum Gasteiger partial charge on any atom is 0.248 e. The van der Waals surface area contributed by atoms with Gasteiger partial charge < -0.3 is 4.90 Å². The number of carbonyl (C=O) groups is 1. The van der Waals surface area contributed by atoms with Crippen LogP contribution in [0, 0.1) is 0 Å². The van der Waals surface area contributed by atoms with Gasteiger partial charge in [-0.15, -0.1) is 0 Å². The van der Waals surface area contributed by atoms with E-state index in [2.05, 4.69) is 21.0 Å². The second-order valence-corrected chi connectivity index (χ2v) is 6.55. The minimum absolute atomic E-state index is 0.00366. The lowest BCUT2D eigenvalue weighted by Crippen LogP contribution is -2.31. The van der Waals surface area contributed by atoms with E-state index in [4.69, 9.17) is 11.6 Å². The molecule has 2 aromatic carbocycles. The first-order valence-corrected chi connectivity index (χ1v) is 8.31. The molecule has 0 radical (unpaired) electrons. The average Bonchev–Trinajstić information content (AvgIpc) is 2.57. The van der Waals surface area contributed by atoms with Crippen LogP contribution < -0.4 is 10.3 Å². The maximum atomic E-state index is 12.6. The van der Waals surface area contributed by atoms with E-state index < -0.39 is 0 Å². The number of carbonyl (C=O) groups excluding carboxylic acids is 1. The second kappa shape index (κ2) is 6.75. The monoisotopic (exact) mass is 405 g/mol. The SMILES string of the molecule is CN(C(=O)Cn1ncc(=O)c2ccccc21)c1ccc(Br)cc1Cl. The number of hydrogen-bond donors (Lipinski definition) is 0. The summed E-state index contributed by atoms with van der Waals surface area (Å²) in [4.78, 5) is 25.9. The van der Waals surface area contributed by atoms with E-state index in [1.54, 1.807) is 43.4 Å². The Morgan fingerprint density at radius 1 is 1.29 bits per heavy atom. The van der Waals surface area contributed by atoms with Crippen LogP contribution in [0.25, 0.3) is 10.9 Å². The topological polar surface area (TPSA) is 55.2 Å². The van der Waals surface area contributed by atoms with Crippen molar-refractivity contribution in [1.82, 2.24) is 9.78 Å². The molecule has 0 saturated carbocycles. The van der Waals surface area contributed by atoms with Crippen LogP contribution in [0.4, 0.5) is 5.69 Å². The lowest BCUT2D eigenvalue weighted by atomic mass is 10.2. The molecule has 0 saturated heterocycles. The number of amides is 1. The smallest absolute Gasteiger partial charge is 0.248 e. The van der Waals surface area contributed by atoms with Crippen LogP contribution >= 0.6 is 27.5 Å². The van der Waals surface area contributed by atoms with Crippen LogP contribution in [0.2, 0.25) is 5.02 Å². The number of hydrogen-bond acceptors (Lipinski definition) is 3. The largest absolute Gasteiger partial charge is 0.312 e. The molecule has 0 aliphatic heterocycles. The molecule has 1 heterocycles. The first-order chi connectivity index (χ1) is 11.5. The van der Waals surface area contributed by atoms with Crippen LogP contribution in [0.5, 0.6) is 0 Å². The van der Waals surface area contributed by atoms with Crippen molar-refractivity contribution in [3.63, 3.8) is 0 Å². The summed E-state index contributed by atoms with van der Waals surface area (Å²) in [5, 5.41) is 5.08.